The van der Waals surface area contributed by atoms with Gasteiger partial charge in [-0.25, -0.2) is 4.98 Å². The molecule has 1 aromatic heterocycles. The zero-order valence-corrected chi connectivity index (χ0v) is 21.7. The molecule has 36 heavy (non-hydrogen) atoms. The van der Waals surface area contributed by atoms with E-state index in [1.807, 2.05) is 26.0 Å². The van der Waals surface area contributed by atoms with E-state index in [2.05, 4.69) is 57.6 Å². The molecule has 1 saturated heterocycles. The zero-order chi connectivity index (χ0) is 26.4. The molecule has 2 heterocycles. The van der Waals surface area contributed by atoms with Crippen LogP contribution < -0.4 is 28.3 Å². The Morgan fingerprint density at radius 1 is 1.19 bits per heavy atom. The van der Waals surface area contributed by atoms with Crippen LogP contribution in [-0.4, -0.2) is 35.4 Å². The van der Waals surface area contributed by atoms with Gasteiger partial charge >= 0.3 is 0 Å². The highest BCUT2D eigenvalue weighted by molar-refractivity contribution is 5.97. The highest BCUT2D eigenvalue weighted by Crippen LogP contribution is 2.32. The number of pyridine rings is 1. The predicted octanol–water partition coefficient (Wildman–Crippen LogP) is 3.46. The Hall–Kier alpha value is -3.78. The van der Waals surface area contributed by atoms with Crippen LogP contribution in [0.2, 0.25) is 0 Å². The summed E-state index contributed by atoms with van der Waals surface area (Å²) in [4.78, 5) is 10.7. The summed E-state index contributed by atoms with van der Waals surface area (Å²) < 4.78 is 0. The second-order valence-electron chi connectivity index (χ2n) is 9.40. The first-order chi connectivity index (χ1) is 17.1. The van der Waals surface area contributed by atoms with Crippen LogP contribution in [0.3, 0.4) is 0 Å². The average Bonchev–Trinajstić information content (AvgIpc) is 3.36. The van der Waals surface area contributed by atoms with Crippen molar-refractivity contribution < 1.29 is 0 Å². The van der Waals surface area contributed by atoms with Gasteiger partial charge in [-0.1, -0.05) is 43.5 Å². The number of amidine groups is 1. The number of likely N-dealkylation sites (tertiary alicyclic amines) is 1. The Labute approximate surface area is 214 Å². The molecule has 1 aliphatic rings. The van der Waals surface area contributed by atoms with E-state index in [0.717, 1.165) is 53.0 Å². The van der Waals surface area contributed by atoms with E-state index in [0.29, 0.717) is 23.8 Å². The molecule has 1 aromatic carbocycles. The molecule has 0 saturated carbocycles. The van der Waals surface area contributed by atoms with Crippen molar-refractivity contribution >= 4 is 11.7 Å². The number of anilines is 1. The number of nitrogens with zero attached hydrogens (tertiary/aromatic N) is 3. The molecule has 0 bridgehead atoms. The van der Waals surface area contributed by atoms with Crippen molar-refractivity contribution in [1.29, 1.82) is 0 Å². The maximum atomic E-state index is 6.30. The maximum Gasteiger partial charge on any atom is 0.128 e. The predicted molar refractivity (Wildman–Crippen MR) is 150 cm³/mol. The third kappa shape index (κ3) is 6.07. The molecule has 2 aromatic rings. The van der Waals surface area contributed by atoms with Crippen LogP contribution in [0.15, 0.2) is 83.4 Å². The first-order valence-electron chi connectivity index (χ1n) is 12.3. The summed E-state index contributed by atoms with van der Waals surface area (Å²) in [7, 11) is 1.66. The van der Waals surface area contributed by atoms with Gasteiger partial charge in [0.2, 0.25) is 0 Å². The number of hydrogen-bond acceptors (Lipinski definition) is 7. The molecule has 1 fully saturated rings. The van der Waals surface area contributed by atoms with Crippen molar-refractivity contribution in [1.82, 2.24) is 15.2 Å². The fraction of sp³-hybridized carbons (Fsp3) is 0.357. The summed E-state index contributed by atoms with van der Waals surface area (Å²) in [6.07, 6.45) is 4.22. The number of nitrogen functional groups attached to an aromatic ring is 1. The summed E-state index contributed by atoms with van der Waals surface area (Å²) in [5, 5.41) is 3.66. The molecule has 8 nitrogen and oxygen atoms in total. The van der Waals surface area contributed by atoms with E-state index in [1.165, 1.54) is 0 Å². The van der Waals surface area contributed by atoms with Crippen LogP contribution in [0.4, 0.5) is 5.82 Å². The van der Waals surface area contributed by atoms with Gasteiger partial charge < -0.3 is 33.2 Å². The van der Waals surface area contributed by atoms with Crippen LogP contribution in [0, 0.1) is 0 Å². The van der Waals surface area contributed by atoms with E-state index in [4.69, 9.17) is 22.9 Å². The lowest BCUT2D eigenvalue weighted by atomic mass is 9.96. The Morgan fingerprint density at radius 3 is 2.44 bits per heavy atom. The van der Waals surface area contributed by atoms with Gasteiger partial charge in [0, 0.05) is 60.5 Å². The molecule has 3 atom stereocenters. The van der Waals surface area contributed by atoms with Crippen molar-refractivity contribution in [2.75, 3.05) is 19.3 Å². The van der Waals surface area contributed by atoms with Crippen LogP contribution in [0.25, 0.3) is 0 Å². The van der Waals surface area contributed by atoms with Gasteiger partial charge in [-0.3, -0.25) is 4.99 Å². The first kappa shape index (κ1) is 26.8. The molecular formula is C28H40N8. The zero-order valence-electron chi connectivity index (χ0n) is 21.7. The van der Waals surface area contributed by atoms with Crippen molar-refractivity contribution in [2.45, 2.75) is 51.2 Å². The fourth-order valence-electron chi connectivity index (χ4n) is 4.67. The minimum absolute atomic E-state index is 0.0372. The van der Waals surface area contributed by atoms with Crippen LogP contribution in [-0.2, 0) is 0 Å². The minimum atomic E-state index is -0.214. The number of allylic oxidation sites excluding steroid dienone is 2. The number of aliphatic imine (C=N–C) groups is 1. The van der Waals surface area contributed by atoms with E-state index >= 15 is 0 Å². The third-order valence-electron chi connectivity index (χ3n) is 6.78. The Morgan fingerprint density at radius 2 is 1.86 bits per heavy atom. The largest absolute Gasteiger partial charge is 0.402 e. The molecule has 0 aliphatic carbocycles. The standard InChI is InChI=1S/C28H40N8/c1-17(16-24(19(3)30)27(31)33-5)36-15-7-9-25(36)20(4)35-26(23-8-6-14-34-28(23)32)22-12-10-21(11-13-22)18(2)29/h6,8,10-14,18,25-26,35H,1,4,7,9,15-16,29-30H2,2-3,5H3,(H2,31,33)(H2,32,34)/b24-19-. The number of rotatable bonds is 10. The molecule has 8 heteroatoms. The van der Waals surface area contributed by atoms with Gasteiger partial charge in [0.05, 0.1) is 12.1 Å². The molecule has 3 rings (SSSR count). The summed E-state index contributed by atoms with van der Waals surface area (Å²) in [5.74, 6) is 0.917. The van der Waals surface area contributed by atoms with Crippen LogP contribution in [0.5, 0.6) is 0 Å². The topological polar surface area (TPSA) is 145 Å². The van der Waals surface area contributed by atoms with E-state index in [1.54, 1.807) is 13.2 Å². The number of nitrogens with one attached hydrogen (secondary N) is 1. The number of aromatic nitrogens is 1. The normalized spacial score (nSPS) is 18.4. The van der Waals surface area contributed by atoms with Gasteiger partial charge in [0.15, 0.2) is 0 Å². The van der Waals surface area contributed by atoms with Crippen LogP contribution in [0.1, 0.15) is 61.9 Å². The minimum Gasteiger partial charge on any atom is -0.402 e. The van der Waals surface area contributed by atoms with Gasteiger partial charge in [0.1, 0.15) is 11.7 Å². The third-order valence-corrected chi connectivity index (χ3v) is 6.78. The van der Waals surface area contributed by atoms with E-state index < -0.39 is 0 Å². The van der Waals surface area contributed by atoms with E-state index in [-0.39, 0.29) is 18.1 Å². The summed E-state index contributed by atoms with van der Waals surface area (Å²) in [6, 6.07) is 12.0. The Bertz CT molecular complexity index is 1140. The quantitative estimate of drug-likeness (QED) is 0.254. The lowest BCUT2D eigenvalue weighted by Gasteiger charge is -2.33. The van der Waals surface area contributed by atoms with Crippen molar-refractivity contribution in [2.24, 2.45) is 22.2 Å². The summed E-state index contributed by atoms with van der Waals surface area (Å²) >= 11 is 0. The monoisotopic (exact) mass is 488 g/mol. The molecule has 0 amide bonds. The first-order valence-corrected chi connectivity index (χ1v) is 12.3. The average molecular weight is 489 g/mol. The molecule has 1 aliphatic heterocycles. The van der Waals surface area contributed by atoms with Crippen molar-refractivity contribution in [3.8, 4) is 0 Å². The summed E-state index contributed by atoms with van der Waals surface area (Å²) in [5.41, 5.74) is 30.9. The lowest BCUT2D eigenvalue weighted by Crippen LogP contribution is -2.37. The highest BCUT2D eigenvalue weighted by Gasteiger charge is 2.30. The molecule has 192 valence electrons. The highest BCUT2D eigenvalue weighted by atomic mass is 15.2. The van der Waals surface area contributed by atoms with E-state index in [9.17, 15) is 0 Å². The molecule has 0 spiro atoms. The summed E-state index contributed by atoms with van der Waals surface area (Å²) in [6.45, 7) is 13.5. The maximum absolute atomic E-state index is 6.30. The van der Waals surface area contributed by atoms with Crippen molar-refractivity contribution in [3.63, 3.8) is 0 Å². The lowest BCUT2D eigenvalue weighted by molar-refractivity contribution is 0.335. The second kappa shape index (κ2) is 11.8. The Kier molecular flexibility index (Phi) is 8.77. The second-order valence-corrected chi connectivity index (χ2v) is 9.40. The smallest absolute Gasteiger partial charge is 0.128 e. The number of benzene rings is 1. The van der Waals surface area contributed by atoms with Gasteiger partial charge in [-0.2, -0.15) is 0 Å². The molecule has 9 N–H and O–H groups in total. The fourth-order valence-corrected chi connectivity index (χ4v) is 4.67. The van der Waals surface area contributed by atoms with Gasteiger partial charge in [-0.05, 0) is 43.9 Å². The number of nitrogens with two attached hydrogens (primary N) is 4. The molecular weight excluding hydrogens is 448 g/mol. The van der Waals surface area contributed by atoms with Gasteiger partial charge in [0.25, 0.3) is 0 Å². The van der Waals surface area contributed by atoms with Gasteiger partial charge in [-0.15, -0.1) is 0 Å². The van der Waals surface area contributed by atoms with Crippen LogP contribution >= 0.6 is 0 Å². The molecule has 0 radical (unpaired) electrons. The van der Waals surface area contributed by atoms with Crippen molar-refractivity contribution in [3.05, 3.63) is 95.1 Å². The Balaban J connectivity index is 1.86. The number of hydrogen-bond donors (Lipinski definition) is 5. The SMILES string of the molecule is C=C(NC(c1ccc(C(C)N)cc1)c1cccnc1N)C1CCCN1C(=C)C/C(C(N)=NC)=C(\C)N. The molecule has 3 unspecified atom stereocenters.